The number of hydrogen-bond donors (Lipinski definition) is 2. The highest BCUT2D eigenvalue weighted by Gasteiger charge is 2.27. The predicted molar refractivity (Wildman–Crippen MR) is 168 cm³/mol. The van der Waals surface area contributed by atoms with Crippen molar-refractivity contribution >= 4 is 29.1 Å². The first-order chi connectivity index (χ1) is 20.5. The van der Waals surface area contributed by atoms with Gasteiger partial charge in [-0.25, -0.2) is 0 Å². The molecule has 3 aromatic carbocycles. The SMILES string of the molecule is O=C(N[C@H](C=C1CCN(c2ccccc2CN2CCCC2=O)CC1)Cc1ccc(Cl)cc1)[C@H]1Cc2ccccc2CN1. The molecule has 2 N–H and O–H groups in total. The van der Waals surface area contributed by atoms with E-state index in [0.29, 0.717) is 37.4 Å². The number of hydrogen-bond acceptors (Lipinski definition) is 4. The van der Waals surface area contributed by atoms with Gasteiger partial charge in [0.1, 0.15) is 0 Å². The average Bonchev–Trinajstić information content (AvgIpc) is 3.42. The number of anilines is 1. The van der Waals surface area contributed by atoms with Crippen molar-refractivity contribution in [1.29, 1.82) is 0 Å². The van der Waals surface area contributed by atoms with Gasteiger partial charge in [-0.05, 0) is 72.6 Å². The normalized spacial score (nSPS) is 19.4. The summed E-state index contributed by atoms with van der Waals surface area (Å²) in [6.45, 7) is 4.08. The van der Waals surface area contributed by atoms with Crippen molar-refractivity contribution < 1.29 is 9.59 Å². The fourth-order valence-corrected chi connectivity index (χ4v) is 6.59. The number of carbonyl (C=O) groups is 2. The second-order valence-corrected chi connectivity index (χ2v) is 12.1. The highest BCUT2D eigenvalue weighted by molar-refractivity contribution is 6.30. The Balaban J connectivity index is 1.13. The predicted octanol–water partition coefficient (Wildman–Crippen LogP) is 5.43. The molecule has 0 spiro atoms. The molecule has 6 rings (SSSR count). The molecule has 2 saturated heterocycles. The summed E-state index contributed by atoms with van der Waals surface area (Å²) >= 11 is 6.15. The van der Waals surface area contributed by atoms with Crippen molar-refractivity contribution in [3.05, 3.63) is 112 Å². The number of nitrogens with one attached hydrogen (secondary N) is 2. The van der Waals surface area contributed by atoms with E-state index in [1.54, 1.807) is 0 Å². The number of nitrogens with zero attached hydrogens (tertiary/aromatic N) is 2. The Morgan fingerprint density at radius 1 is 0.952 bits per heavy atom. The molecule has 0 bridgehead atoms. The number of amides is 2. The molecule has 3 aliphatic rings. The van der Waals surface area contributed by atoms with Gasteiger partial charge < -0.3 is 20.4 Å². The van der Waals surface area contributed by atoms with Crippen molar-refractivity contribution in [1.82, 2.24) is 15.5 Å². The molecule has 3 aromatic rings. The van der Waals surface area contributed by atoms with Gasteiger partial charge in [0.05, 0.1) is 12.1 Å². The summed E-state index contributed by atoms with van der Waals surface area (Å²) in [6, 6.07) is 24.4. The number of benzene rings is 3. The van der Waals surface area contributed by atoms with Crippen LogP contribution in [0.4, 0.5) is 5.69 Å². The first-order valence-corrected chi connectivity index (χ1v) is 15.5. The molecule has 42 heavy (non-hydrogen) atoms. The zero-order valence-corrected chi connectivity index (χ0v) is 24.8. The lowest BCUT2D eigenvalue weighted by molar-refractivity contribution is -0.128. The number of fused-ring (bicyclic) bond motifs is 1. The lowest BCUT2D eigenvalue weighted by atomic mass is 9.94. The number of likely N-dealkylation sites (tertiary alicyclic amines) is 1. The lowest BCUT2D eigenvalue weighted by Gasteiger charge is -2.33. The minimum absolute atomic E-state index is 0.0446. The third kappa shape index (κ3) is 6.88. The van der Waals surface area contributed by atoms with Gasteiger partial charge in [-0.1, -0.05) is 77.8 Å². The summed E-state index contributed by atoms with van der Waals surface area (Å²) in [4.78, 5) is 30.2. The zero-order valence-electron chi connectivity index (χ0n) is 24.0. The Labute approximate surface area is 253 Å². The largest absolute Gasteiger partial charge is 0.371 e. The third-order valence-corrected chi connectivity index (χ3v) is 9.05. The summed E-state index contributed by atoms with van der Waals surface area (Å²) in [5, 5.41) is 7.51. The van der Waals surface area contributed by atoms with Crippen molar-refractivity contribution in [2.24, 2.45) is 0 Å². The second-order valence-electron chi connectivity index (χ2n) is 11.7. The first kappa shape index (κ1) is 28.5. The highest BCUT2D eigenvalue weighted by atomic mass is 35.5. The zero-order chi connectivity index (χ0) is 28.9. The lowest BCUT2D eigenvalue weighted by Crippen LogP contribution is -2.50. The van der Waals surface area contributed by atoms with Crippen molar-refractivity contribution in [2.45, 2.75) is 63.7 Å². The Hall–Kier alpha value is -3.61. The van der Waals surface area contributed by atoms with E-state index >= 15 is 0 Å². The van der Waals surface area contributed by atoms with Crippen LogP contribution in [-0.4, -0.2) is 48.4 Å². The summed E-state index contributed by atoms with van der Waals surface area (Å²) in [5.41, 5.74) is 7.47. The Kier molecular flexibility index (Phi) is 8.92. The van der Waals surface area contributed by atoms with E-state index < -0.39 is 0 Å². The molecule has 218 valence electrons. The molecule has 2 atom stereocenters. The quantitative estimate of drug-likeness (QED) is 0.348. The summed E-state index contributed by atoms with van der Waals surface area (Å²) < 4.78 is 0. The van der Waals surface area contributed by atoms with Gasteiger partial charge in [-0.3, -0.25) is 9.59 Å². The molecule has 0 radical (unpaired) electrons. The fourth-order valence-electron chi connectivity index (χ4n) is 6.46. The molecule has 0 aromatic heterocycles. The molecule has 0 unspecified atom stereocenters. The number of para-hydroxylation sites is 1. The van der Waals surface area contributed by atoms with Gasteiger partial charge in [0.2, 0.25) is 11.8 Å². The van der Waals surface area contributed by atoms with E-state index in [1.165, 1.54) is 28.0 Å². The van der Waals surface area contributed by atoms with Crippen LogP contribution in [0.5, 0.6) is 0 Å². The van der Waals surface area contributed by atoms with Crippen LogP contribution in [0.1, 0.15) is 47.9 Å². The van der Waals surface area contributed by atoms with Crippen molar-refractivity contribution in [2.75, 3.05) is 24.5 Å². The maximum Gasteiger partial charge on any atom is 0.237 e. The summed E-state index contributed by atoms with van der Waals surface area (Å²) in [7, 11) is 0. The van der Waals surface area contributed by atoms with Crippen LogP contribution in [0, 0.1) is 0 Å². The molecule has 0 saturated carbocycles. The molecule has 6 nitrogen and oxygen atoms in total. The van der Waals surface area contributed by atoms with Crippen LogP contribution in [-0.2, 0) is 35.5 Å². The highest BCUT2D eigenvalue weighted by Crippen LogP contribution is 2.29. The van der Waals surface area contributed by atoms with E-state index in [4.69, 9.17) is 11.6 Å². The Morgan fingerprint density at radius 3 is 2.45 bits per heavy atom. The second kappa shape index (κ2) is 13.1. The fraction of sp³-hybridized carbons (Fsp3) is 0.371. The first-order valence-electron chi connectivity index (χ1n) is 15.2. The topological polar surface area (TPSA) is 64.7 Å². The van der Waals surface area contributed by atoms with E-state index in [9.17, 15) is 9.59 Å². The third-order valence-electron chi connectivity index (χ3n) is 8.80. The molecule has 2 amide bonds. The van der Waals surface area contributed by atoms with Crippen molar-refractivity contribution in [3.8, 4) is 0 Å². The average molecular weight is 583 g/mol. The van der Waals surface area contributed by atoms with E-state index in [2.05, 4.69) is 58.0 Å². The molecular weight excluding hydrogens is 544 g/mol. The number of rotatable bonds is 8. The number of halogens is 1. The van der Waals surface area contributed by atoms with Crippen LogP contribution in [0.3, 0.4) is 0 Å². The number of carbonyl (C=O) groups excluding carboxylic acids is 2. The molecule has 3 heterocycles. The van der Waals surface area contributed by atoms with Crippen LogP contribution in [0.15, 0.2) is 84.4 Å². The molecule has 0 aliphatic carbocycles. The molecular formula is C35H39ClN4O2. The monoisotopic (exact) mass is 582 g/mol. The minimum Gasteiger partial charge on any atom is -0.371 e. The minimum atomic E-state index is -0.244. The molecule has 2 fully saturated rings. The van der Waals surface area contributed by atoms with Crippen LogP contribution in [0.25, 0.3) is 0 Å². The van der Waals surface area contributed by atoms with Gasteiger partial charge in [0, 0.05) is 49.9 Å². The summed E-state index contributed by atoms with van der Waals surface area (Å²) in [6.07, 6.45) is 7.21. The van der Waals surface area contributed by atoms with Gasteiger partial charge in [-0.2, -0.15) is 0 Å². The molecule has 3 aliphatic heterocycles. The van der Waals surface area contributed by atoms with Gasteiger partial charge >= 0.3 is 0 Å². The van der Waals surface area contributed by atoms with Gasteiger partial charge in [-0.15, -0.1) is 0 Å². The number of piperidine rings is 1. The Morgan fingerprint density at radius 2 is 1.69 bits per heavy atom. The smallest absolute Gasteiger partial charge is 0.237 e. The maximum absolute atomic E-state index is 13.5. The van der Waals surface area contributed by atoms with Crippen molar-refractivity contribution in [3.63, 3.8) is 0 Å². The molecule has 7 heteroatoms. The van der Waals surface area contributed by atoms with E-state index in [1.807, 2.05) is 41.3 Å². The van der Waals surface area contributed by atoms with Gasteiger partial charge in [0.15, 0.2) is 0 Å². The van der Waals surface area contributed by atoms with Crippen LogP contribution in [0.2, 0.25) is 5.02 Å². The maximum atomic E-state index is 13.5. The van der Waals surface area contributed by atoms with Crippen LogP contribution >= 0.6 is 11.6 Å². The Bertz CT molecular complexity index is 1440. The van der Waals surface area contributed by atoms with Crippen LogP contribution < -0.4 is 15.5 Å². The van der Waals surface area contributed by atoms with Gasteiger partial charge in [0.25, 0.3) is 0 Å². The summed E-state index contributed by atoms with van der Waals surface area (Å²) in [5.74, 6) is 0.304. The standard InChI is InChI=1S/C35H39ClN4O2/c36-30-13-11-25(12-14-30)20-31(38-35(42)32-22-27-6-1-2-7-28(27)23-37-32)21-26-15-18-39(19-16-26)33-9-4-3-8-29(33)24-40-17-5-10-34(40)41/h1-4,6-9,11-14,21,31-32,37H,5,10,15-20,22-24H2,(H,38,42)/t31-,32+/m0/s1. The van der Waals surface area contributed by atoms with E-state index in [-0.39, 0.29) is 23.9 Å². The van der Waals surface area contributed by atoms with E-state index in [0.717, 1.165) is 44.5 Å².